The zero-order chi connectivity index (χ0) is 20.2. The smallest absolute Gasteiger partial charge is 0.258 e. The number of carbonyl (C=O) groups is 2. The fraction of sp³-hybridized carbons (Fsp3) is 0.348. The lowest BCUT2D eigenvalue weighted by atomic mass is 9.88. The molecular formula is C23H26N4O2. The number of aryl methyl sites for hydroxylation is 1. The molecule has 2 amide bonds. The summed E-state index contributed by atoms with van der Waals surface area (Å²) < 4.78 is 1.97. The first-order chi connectivity index (χ1) is 14.2. The predicted octanol–water partition coefficient (Wildman–Crippen LogP) is 4.83. The van der Waals surface area contributed by atoms with Crippen molar-refractivity contribution in [2.75, 3.05) is 10.6 Å². The molecular weight excluding hydrogens is 364 g/mol. The monoisotopic (exact) mass is 390 g/mol. The summed E-state index contributed by atoms with van der Waals surface area (Å²) in [6.07, 6.45) is 5.32. The Morgan fingerprint density at radius 1 is 1.03 bits per heavy atom. The molecule has 0 bridgehead atoms. The van der Waals surface area contributed by atoms with Crippen LogP contribution in [0.5, 0.6) is 0 Å². The van der Waals surface area contributed by atoms with E-state index in [9.17, 15) is 9.59 Å². The standard InChI is InChI=1S/C23H26N4O2/c1-2-27-20-14-7-6-13-19(20)25-23(27)26-22(29)17-11-8-12-18(15-17)24-21(28)16-9-4-3-5-10-16/h6-8,11-16H,2-5,9-10H2,1H3,(H,24,28)(H,25,26,29). The van der Waals surface area contributed by atoms with E-state index < -0.39 is 0 Å². The topological polar surface area (TPSA) is 76.0 Å². The van der Waals surface area contributed by atoms with E-state index in [1.165, 1.54) is 6.42 Å². The van der Waals surface area contributed by atoms with Gasteiger partial charge in [-0.1, -0.05) is 37.5 Å². The van der Waals surface area contributed by atoms with Crippen molar-refractivity contribution in [3.8, 4) is 0 Å². The number of imidazole rings is 1. The number of hydrogen-bond donors (Lipinski definition) is 2. The Balaban J connectivity index is 1.49. The maximum absolute atomic E-state index is 12.8. The van der Waals surface area contributed by atoms with Gasteiger partial charge in [0.15, 0.2) is 0 Å². The largest absolute Gasteiger partial charge is 0.326 e. The van der Waals surface area contributed by atoms with Gasteiger partial charge in [-0.25, -0.2) is 4.98 Å². The minimum Gasteiger partial charge on any atom is -0.326 e. The van der Waals surface area contributed by atoms with Gasteiger partial charge >= 0.3 is 0 Å². The Bertz CT molecular complexity index is 1030. The summed E-state index contributed by atoms with van der Waals surface area (Å²) in [6.45, 7) is 2.72. The van der Waals surface area contributed by atoms with Gasteiger partial charge in [-0.2, -0.15) is 0 Å². The molecule has 0 unspecified atom stereocenters. The van der Waals surface area contributed by atoms with Crippen LogP contribution in [0, 0.1) is 5.92 Å². The molecule has 1 aliphatic carbocycles. The molecule has 6 heteroatoms. The molecule has 0 radical (unpaired) electrons. The van der Waals surface area contributed by atoms with E-state index in [4.69, 9.17) is 0 Å². The highest BCUT2D eigenvalue weighted by atomic mass is 16.2. The minimum atomic E-state index is -0.247. The average Bonchev–Trinajstić information content (AvgIpc) is 3.11. The second-order valence-corrected chi connectivity index (χ2v) is 7.53. The van der Waals surface area contributed by atoms with Crippen LogP contribution < -0.4 is 10.6 Å². The summed E-state index contributed by atoms with van der Waals surface area (Å²) in [5.41, 5.74) is 2.97. The number of hydrogen-bond acceptors (Lipinski definition) is 3. The van der Waals surface area contributed by atoms with E-state index >= 15 is 0 Å². The third-order valence-electron chi connectivity index (χ3n) is 5.56. The van der Waals surface area contributed by atoms with Crippen molar-refractivity contribution in [3.05, 3.63) is 54.1 Å². The molecule has 0 saturated heterocycles. The fourth-order valence-electron chi connectivity index (χ4n) is 4.01. The van der Waals surface area contributed by atoms with E-state index in [2.05, 4.69) is 15.6 Å². The first kappa shape index (κ1) is 19.2. The number of benzene rings is 2. The van der Waals surface area contributed by atoms with Gasteiger partial charge in [0.05, 0.1) is 11.0 Å². The van der Waals surface area contributed by atoms with Crippen LogP contribution in [0.25, 0.3) is 11.0 Å². The maximum atomic E-state index is 12.8. The normalized spacial score (nSPS) is 14.7. The van der Waals surface area contributed by atoms with Crippen molar-refractivity contribution in [2.45, 2.75) is 45.6 Å². The number of aromatic nitrogens is 2. The van der Waals surface area contributed by atoms with Gasteiger partial charge < -0.3 is 9.88 Å². The van der Waals surface area contributed by atoms with Crippen molar-refractivity contribution >= 4 is 34.5 Å². The highest BCUT2D eigenvalue weighted by Gasteiger charge is 2.21. The molecule has 0 aliphatic heterocycles. The summed E-state index contributed by atoms with van der Waals surface area (Å²) in [5, 5.41) is 5.89. The lowest BCUT2D eigenvalue weighted by molar-refractivity contribution is -0.120. The van der Waals surface area contributed by atoms with Crippen LogP contribution in [0.4, 0.5) is 11.6 Å². The summed E-state index contributed by atoms with van der Waals surface area (Å²) >= 11 is 0. The maximum Gasteiger partial charge on any atom is 0.258 e. The third kappa shape index (κ3) is 4.16. The zero-order valence-corrected chi connectivity index (χ0v) is 16.6. The Hall–Kier alpha value is -3.15. The lowest BCUT2D eigenvalue weighted by Crippen LogP contribution is -2.25. The van der Waals surface area contributed by atoms with Crippen molar-refractivity contribution < 1.29 is 9.59 Å². The lowest BCUT2D eigenvalue weighted by Gasteiger charge is -2.20. The number of fused-ring (bicyclic) bond motifs is 1. The Morgan fingerprint density at radius 2 is 1.83 bits per heavy atom. The Kier molecular flexibility index (Phi) is 5.60. The number of nitrogens with one attached hydrogen (secondary N) is 2. The molecule has 0 spiro atoms. The van der Waals surface area contributed by atoms with Gasteiger partial charge in [0.25, 0.3) is 5.91 Å². The Labute approximate surface area is 170 Å². The number of amides is 2. The van der Waals surface area contributed by atoms with Crippen LogP contribution >= 0.6 is 0 Å². The van der Waals surface area contributed by atoms with Crippen molar-refractivity contribution in [2.24, 2.45) is 5.92 Å². The van der Waals surface area contributed by atoms with Crippen molar-refractivity contribution in [1.82, 2.24) is 9.55 Å². The predicted molar refractivity (Wildman–Crippen MR) is 115 cm³/mol. The molecule has 1 saturated carbocycles. The molecule has 1 heterocycles. The molecule has 1 aliphatic rings. The highest BCUT2D eigenvalue weighted by Crippen LogP contribution is 2.25. The summed E-state index contributed by atoms with van der Waals surface area (Å²) in [4.78, 5) is 29.9. The van der Waals surface area contributed by atoms with Gasteiger partial charge in [-0.3, -0.25) is 14.9 Å². The van der Waals surface area contributed by atoms with Crippen LogP contribution in [-0.4, -0.2) is 21.4 Å². The summed E-state index contributed by atoms with van der Waals surface area (Å²) in [5.74, 6) is 0.403. The van der Waals surface area contributed by atoms with E-state index in [-0.39, 0.29) is 17.7 Å². The van der Waals surface area contributed by atoms with Crippen LogP contribution in [0.3, 0.4) is 0 Å². The third-order valence-corrected chi connectivity index (χ3v) is 5.56. The molecule has 150 valence electrons. The first-order valence-electron chi connectivity index (χ1n) is 10.3. The van der Waals surface area contributed by atoms with Crippen LogP contribution in [0.1, 0.15) is 49.4 Å². The second kappa shape index (κ2) is 8.47. The van der Waals surface area contributed by atoms with E-state index in [0.29, 0.717) is 23.7 Å². The van der Waals surface area contributed by atoms with Crippen LogP contribution in [0.2, 0.25) is 0 Å². The molecule has 6 nitrogen and oxygen atoms in total. The first-order valence-corrected chi connectivity index (χ1v) is 10.3. The van der Waals surface area contributed by atoms with Crippen molar-refractivity contribution in [1.29, 1.82) is 0 Å². The molecule has 4 rings (SSSR count). The number of carbonyl (C=O) groups excluding carboxylic acids is 2. The van der Waals surface area contributed by atoms with Gasteiger partial charge in [0.1, 0.15) is 0 Å². The van der Waals surface area contributed by atoms with Gasteiger partial charge in [-0.05, 0) is 50.1 Å². The molecule has 1 aromatic heterocycles. The fourth-order valence-corrected chi connectivity index (χ4v) is 4.01. The second-order valence-electron chi connectivity index (χ2n) is 7.53. The Morgan fingerprint density at radius 3 is 2.62 bits per heavy atom. The van der Waals surface area contributed by atoms with Gasteiger partial charge in [-0.15, -0.1) is 0 Å². The molecule has 1 fully saturated rings. The minimum absolute atomic E-state index is 0.0510. The quantitative estimate of drug-likeness (QED) is 0.655. The zero-order valence-electron chi connectivity index (χ0n) is 16.6. The highest BCUT2D eigenvalue weighted by molar-refractivity contribution is 6.05. The number of anilines is 2. The SMILES string of the molecule is CCn1c(NC(=O)c2cccc(NC(=O)C3CCCCC3)c2)nc2ccccc21. The van der Waals surface area contributed by atoms with E-state index in [1.807, 2.05) is 41.8 Å². The number of rotatable bonds is 5. The van der Waals surface area contributed by atoms with Crippen LogP contribution in [-0.2, 0) is 11.3 Å². The van der Waals surface area contributed by atoms with E-state index in [1.54, 1.807) is 18.2 Å². The molecule has 3 aromatic rings. The molecule has 0 atom stereocenters. The van der Waals surface area contributed by atoms with Gasteiger partial charge in [0, 0.05) is 23.7 Å². The molecule has 29 heavy (non-hydrogen) atoms. The van der Waals surface area contributed by atoms with E-state index in [0.717, 1.165) is 36.7 Å². The summed E-state index contributed by atoms with van der Waals surface area (Å²) in [6, 6.07) is 14.9. The molecule has 2 aromatic carbocycles. The van der Waals surface area contributed by atoms with Gasteiger partial charge in [0.2, 0.25) is 11.9 Å². The van der Waals surface area contributed by atoms with Crippen LogP contribution in [0.15, 0.2) is 48.5 Å². The molecule has 2 N–H and O–H groups in total. The average molecular weight is 390 g/mol. The number of nitrogens with zero attached hydrogens (tertiary/aromatic N) is 2. The summed E-state index contributed by atoms with van der Waals surface area (Å²) in [7, 11) is 0. The number of para-hydroxylation sites is 2. The van der Waals surface area contributed by atoms with Crippen molar-refractivity contribution in [3.63, 3.8) is 0 Å².